The molecule has 7 heteroatoms. The molecule has 0 saturated heterocycles. The Balaban J connectivity index is 3.99. The maximum atomic E-state index is 12.2. The number of hydrogen-bond donors (Lipinski definition) is 0. The Morgan fingerprint density at radius 1 is 0.633 bits per heavy atom. The highest BCUT2D eigenvalue weighted by atomic mass is 28.3. The number of carbonyl (C=O) groups excluding carboxylic acids is 1. The van der Waals surface area contributed by atoms with Crippen LogP contribution in [0.3, 0.4) is 0 Å². The molecule has 0 aromatic heterocycles. The van der Waals surface area contributed by atoms with E-state index in [1.54, 1.807) is 28.4 Å². The summed E-state index contributed by atoms with van der Waals surface area (Å²) in [5.41, 5.74) is 0. The van der Waals surface area contributed by atoms with Crippen LogP contribution in [0.5, 0.6) is 0 Å². The minimum atomic E-state index is -1.62. The highest BCUT2D eigenvalue weighted by Gasteiger charge is 2.36. The Morgan fingerprint density at radius 2 is 0.967 bits per heavy atom. The largest absolute Gasteiger partial charge is 0.400 e. The minimum Gasteiger partial charge on any atom is -0.400 e. The fourth-order valence-corrected chi connectivity index (χ4v) is 8.64. The quantitative estimate of drug-likeness (QED) is 0.168. The van der Waals surface area contributed by atoms with Crippen molar-refractivity contribution in [2.75, 3.05) is 28.4 Å². The van der Waals surface area contributed by atoms with Crippen molar-refractivity contribution in [3.8, 4) is 0 Å². The van der Waals surface area contributed by atoms with Gasteiger partial charge in [0, 0.05) is 51.4 Å². The van der Waals surface area contributed by atoms with Crippen molar-refractivity contribution < 1.29 is 22.5 Å². The molecule has 0 fully saturated rings. The van der Waals surface area contributed by atoms with Crippen LogP contribution in [0.2, 0.25) is 10.1 Å². The average molecular weight is 463 g/mol. The Kier molecular flexibility index (Phi) is 16.5. The van der Waals surface area contributed by atoms with Crippen LogP contribution >= 0.6 is 0 Å². The predicted octanol–water partition coefficient (Wildman–Crippen LogP) is 5.82. The SMILES string of the molecule is CCC(C)(CCCCCC(=O)CCCCCC(C)(CC)[SiH](OC)OC)[SiH](OC)OC. The Hall–Kier alpha value is -0.0562. The number of Topliss-reactive ketones (excluding diaryl/α,β-unsaturated/α-hetero) is 1. The Bertz CT molecular complexity index is 405. The summed E-state index contributed by atoms with van der Waals surface area (Å²) in [5.74, 6) is 0.425. The second-order valence-corrected chi connectivity index (χ2v) is 15.3. The van der Waals surface area contributed by atoms with E-state index in [9.17, 15) is 4.79 Å². The lowest BCUT2D eigenvalue weighted by atomic mass is 9.97. The van der Waals surface area contributed by atoms with Crippen LogP contribution in [-0.2, 0) is 22.5 Å². The highest BCUT2D eigenvalue weighted by Crippen LogP contribution is 2.40. The molecule has 0 rings (SSSR count). The first-order valence-corrected chi connectivity index (χ1v) is 14.9. The number of ketones is 1. The molecule has 0 radical (unpaired) electrons. The van der Waals surface area contributed by atoms with Gasteiger partial charge in [-0.15, -0.1) is 0 Å². The maximum Gasteiger partial charge on any atom is 0.327 e. The van der Waals surface area contributed by atoms with Gasteiger partial charge in [0.25, 0.3) is 0 Å². The van der Waals surface area contributed by atoms with E-state index in [2.05, 4.69) is 27.7 Å². The van der Waals surface area contributed by atoms with Gasteiger partial charge in [0.2, 0.25) is 0 Å². The standard InChI is InChI=1S/C23H50O5Si2/c1-9-22(3,29(25-5)26-6)19-15-11-13-17-21(24)18-14-12-16-20-23(4,10-2)30(27-7)28-8/h29-30H,9-20H2,1-8H3. The second kappa shape index (κ2) is 16.6. The zero-order valence-corrected chi connectivity index (χ0v) is 23.5. The fraction of sp³-hybridized carbons (Fsp3) is 0.957. The van der Waals surface area contributed by atoms with E-state index in [1.165, 1.54) is 0 Å². The summed E-state index contributed by atoms with van der Waals surface area (Å²) in [6.07, 6.45) is 12.4. The molecule has 0 aliphatic carbocycles. The van der Waals surface area contributed by atoms with Crippen LogP contribution in [0.25, 0.3) is 0 Å². The number of rotatable bonds is 20. The molecule has 0 amide bonds. The third kappa shape index (κ3) is 10.5. The molecular formula is C23H50O5Si2. The number of carbonyl (C=O) groups is 1. The minimum absolute atomic E-state index is 0.175. The van der Waals surface area contributed by atoms with E-state index in [4.69, 9.17) is 17.7 Å². The normalized spacial score (nSPS) is 16.1. The second-order valence-electron chi connectivity index (χ2n) is 9.28. The molecule has 5 nitrogen and oxygen atoms in total. The van der Waals surface area contributed by atoms with Crippen molar-refractivity contribution in [3.05, 3.63) is 0 Å². The van der Waals surface area contributed by atoms with Crippen LogP contribution in [0.1, 0.15) is 105 Å². The summed E-state index contributed by atoms with van der Waals surface area (Å²) < 4.78 is 22.5. The predicted molar refractivity (Wildman–Crippen MR) is 131 cm³/mol. The van der Waals surface area contributed by atoms with Crippen LogP contribution in [0, 0.1) is 0 Å². The summed E-state index contributed by atoms with van der Waals surface area (Å²) in [6, 6.07) is 0. The molecule has 0 aromatic carbocycles. The third-order valence-corrected chi connectivity index (χ3v) is 12.4. The van der Waals surface area contributed by atoms with Crippen LogP contribution < -0.4 is 0 Å². The average Bonchev–Trinajstić information content (AvgIpc) is 2.74. The van der Waals surface area contributed by atoms with Gasteiger partial charge in [-0.05, 0) is 38.5 Å². The van der Waals surface area contributed by atoms with E-state index in [1.807, 2.05) is 0 Å². The molecule has 0 aliphatic rings. The lowest BCUT2D eigenvalue weighted by Crippen LogP contribution is -2.34. The van der Waals surface area contributed by atoms with Gasteiger partial charge < -0.3 is 17.7 Å². The zero-order valence-electron chi connectivity index (χ0n) is 21.2. The summed E-state index contributed by atoms with van der Waals surface area (Å²) in [6.45, 7) is 9.01. The van der Waals surface area contributed by atoms with E-state index >= 15 is 0 Å². The smallest absolute Gasteiger partial charge is 0.327 e. The van der Waals surface area contributed by atoms with Gasteiger partial charge in [0.05, 0.1) is 0 Å². The Morgan fingerprint density at radius 3 is 1.23 bits per heavy atom. The van der Waals surface area contributed by atoms with Crippen molar-refractivity contribution in [2.45, 2.75) is 115 Å². The molecule has 180 valence electrons. The summed E-state index contributed by atoms with van der Waals surface area (Å²) in [5, 5.41) is 0.349. The van der Waals surface area contributed by atoms with Crippen LogP contribution in [0.15, 0.2) is 0 Å². The van der Waals surface area contributed by atoms with Gasteiger partial charge in [-0.1, -0.05) is 53.4 Å². The molecule has 0 spiro atoms. The number of unbranched alkanes of at least 4 members (excludes halogenated alkanes) is 4. The van der Waals surface area contributed by atoms with Crippen molar-refractivity contribution in [1.29, 1.82) is 0 Å². The molecule has 0 heterocycles. The first-order valence-electron chi connectivity index (χ1n) is 11.9. The maximum absolute atomic E-state index is 12.2. The lowest BCUT2D eigenvalue weighted by molar-refractivity contribution is -0.119. The van der Waals surface area contributed by atoms with Gasteiger partial charge in [-0.2, -0.15) is 0 Å². The fourth-order valence-electron chi connectivity index (χ4n) is 4.43. The van der Waals surface area contributed by atoms with Gasteiger partial charge >= 0.3 is 18.6 Å². The third-order valence-electron chi connectivity index (χ3n) is 7.02. The molecule has 2 unspecified atom stereocenters. The van der Waals surface area contributed by atoms with Gasteiger partial charge in [0.15, 0.2) is 0 Å². The van der Waals surface area contributed by atoms with Gasteiger partial charge in [-0.25, -0.2) is 0 Å². The van der Waals surface area contributed by atoms with Gasteiger partial charge in [0.1, 0.15) is 5.78 Å². The first-order chi connectivity index (χ1) is 14.3. The molecule has 0 aliphatic heterocycles. The topological polar surface area (TPSA) is 54.0 Å². The van der Waals surface area contributed by atoms with Gasteiger partial charge in [-0.3, -0.25) is 4.79 Å². The molecule has 30 heavy (non-hydrogen) atoms. The lowest BCUT2D eigenvalue weighted by Gasteiger charge is -2.33. The summed E-state index contributed by atoms with van der Waals surface area (Å²) in [7, 11) is 3.83. The van der Waals surface area contributed by atoms with E-state index in [-0.39, 0.29) is 10.1 Å². The van der Waals surface area contributed by atoms with Crippen molar-refractivity contribution in [3.63, 3.8) is 0 Å². The van der Waals surface area contributed by atoms with Crippen molar-refractivity contribution in [1.82, 2.24) is 0 Å². The monoisotopic (exact) mass is 462 g/mol. The van der Waals surface area contributed by atoms with E-state index in [0.717, 1.165) is 77.0 Å². The van der Waals surface area contributed by atoms with Crippen molar-refractivity contribution in [2.24, 2.45) is 0 Å². The number of hydrogen-bond acceptors (Lipinski definition) is 5. The van der Waals surface area contributed by atoms with Crippen LogP contribution in [-0.4, -0.2) is 52.8 Å². The molecule has 0 N–H and O–H groups in total. The van der Waals surface area contributed by atoms with Crippen molar-refractivity contribution >= 4 is 24.4 Å². The zero-order chi connectivity index (χ0) is 23.0. The molecule has 2 atom stereocenters. The van der Waals surface area contributed by atoms with E-state index in [0.29, 0.717) is 5.78 Å². The summed E-state index contributed by atoms with van der Waals surface area (Å²) >= 11 is 0. The van der Waals surface area contributed by atoms with E-state index < -0.39 is 18.6 Å². The molecule has 0 saturated carbocycles. The molecular weight excluding hydrogens is 412 g/mol. The first kappa shape index (κ1) is 29.9. The highest BCUT2D eigenvalue weighted by molar-refractivity contribution is 6.48. The molecule has 0 bridgehead atoms. The Labute approximate surface area is 190 Å². The van der Waals surface area contributed by atoms with Crippen LogP contribution in [0.4, 0.5) is 0 Å². The molecule has 0 aromatic rings. The summed E-state index contributed by atoms with van der Waals surface area (Å²) in [4.78, 5) is 12.2.